The fraction of sp³-hybridized carbons (Fsp3) is 0.407. The van der Waals surface area contributed by atoms with Gasteiger partial charge in [0.05, 0.1) is 11.1 Å². The van der Waals surface area contributed by atoms with Crippen molar-refractivity contribution in [1.82, 2.24) is 30.4 Å². The van der Waals surface area contributed by atoms with E-state index in [1.54, 1.807) is 19.3 Å². The summed E-state index contributed by atoms with van der Waals surface area (Å²) in [4.78, 5) is 24.0. The van der Waals surface area contributed by atoms with E-state index < -0.39 is 17.5 Å². The summed E-state index contributed by atoms with van der Waals surface area (Å²) in [6.45, 7) is 12.7. The van der Waals surface area contributed by atoms with E-state index in [1.807, 2.05) is 45.9 Å². The normalized spacial score (nSPS) is 15.0. The van der Waals surface area contributed by atoms with Crippen molar-refractivity contribution in [3.8, 4) is 17.1 Å². The summed E-state index contributed by atoms with van der Waals surface area (Å²) in [6.07, 6.45) is 1.64. The van der Waals surface area contributed by atoms with Crippen molar-refractivity contribution >= 4 is 33.4 Å². The lowest BCUT2D eigenvalue weighted by Crippen LogP contribution is -2.49. The molecule has 2 aromatic carbocycles. The Labute approximate surface area is 216 Å². The molecule has 1 amide bonds. The average molecular weight is 510 g/mol. The number of nitrogens with zero attached hydrogens (tertiary/aromatic N) is 5. The van der Waals surface area contributed by atoms with Gasteiger partial charge in [-0.1, -0.05) is 27.7 Å². The van der Waals surface area contributed by atoms with E-state index >= 15 is 0 Å². The molecule has 0 radical (unpaired) electrons. The van der Waals surface area contributed by atoms with Gasteiger partial charge in [0.25, 0.3) is 5.91 Å². The lowest BCUT2D eigenvalue weighted by molar-refractivity contribution is 0.0960. The van der Waals surface area contributed by atoms with Crippen molar-refractivity contribution < 1.29 is 14.3 Å². The summed E-state index contributed by atoms with van der Waals surface area (Å²) in [5.74, 6) is -1.78. The monoisotopic (exact) mass is 509 g/mol. The van der Waals surface area contributed by atoms with Crippen molar-refractivity contribution in [3.05, 3.63) is 42.0 Å². The molecule has 0 bridgehead atoms. The van der Waals surface area contributed by atoms with Gasteiger partial charge in [0.2, 0.25) is 0 Å². The van der Waals surface area contributed by atoms with Gasteiger partial charge in [0, 0.05) is 62.4 Å². The van der Waals surface area contributed by atoms with E-state index in [9.17, 15) is 14.3 Å². The third-order valence-electron chi connectivity index (χ3n) is 5.92. The molecule has 1 fully saturated rings. The summed E-state index contributed by atoms with van der Waals surface area (Å²) in [7, 11) is 3.19. The Balaban J connectivity index is 0.000000907. The minimum Gasteiger partial charge on any atom is -0.504 e. The molecule has 0 spiro atoms. The van der Waals surface area contributed by atoms with Gasteiger partial charge in [-0.15, -0.1) is 0 Å². The molecule has 1 saturated heterocycles. The van der Waals surface area contributed by atoms with Crippen LogP contribution in [0.5, 0.6) is 5.75 Å². The molecular formula is C27H36FN7O2. The van der Waals surface area contributed by atoms with Gasteiger partial charge in [0.15, 0.2) is 17.4 Å². The molecule has 3 heterocycles. The first-order valence-electron chi connectivity index (χ1n) is 12.7. The second kappa shape index (κ2) is 12.0. The summed E-state index contributed by atoms with van der Waals surface area (Å²) < 4.78 is 16.3. The second-order valence-corrected chi connectivity index (χ2v) is 8.30. The number of aromatic hydroxyl groups is 1. The number of anilines is 1. The summed E-state index contributed by atoms with van der Waals surface area (Å²) in [5, 5.41) is 21.7. The number of phenols is 1. The van der Waals surface area contributed by atoms with E-state index in [1.165, 1.54) is 11.7 Å². The predicted octanol–water partition coefficient (Wildman–Crippen LogP) is 4.24. The average Bonchev–Trinajstić information content (AvgIpc) is 3.32. The number of carbonyl (C=O) groups is 1. The Bertz CT molecular complexity index is 1400. The van der Waals surface area contributed by atoms with Crippen LogP contribution in [0.2, 0.25) is 0 Å². The smallest absolute Gasteiger partial charge is 0.270 e. The number of piperazine rings is 1. The number of hydrogen-bond donors (Lipinski definition) is 3. The topological polar surface area (TPSA) is 108 Å². The maximum atomic E-state index is 14.8. The number of aryl methyl sites for hydroxylation is 1. The number of hydrogen-bond acceptors (Lipinski definition) is 7. The van der Waals surface area contributed by atoms with Crippen LogP contribution in [0.25, 0.3) is 33.2 Å². The lowest BCUT2D eigenvalue weighted by Gasteiger charge is -2.33. The van der Waals surface area contributed by atoms with E-state index in [0.717, 1.165) is 25.3 Å². The zero-order valence-electron chi connectivity index (χ0n) is 22.6. The fourth-order valence-corrected chi connectivity index (χ4v) is 4.30. The van der Waals surface area contributed by atoms with E-state index in [2.05, 4.69) is 37.5 Å². The van der Waals surface area contributed by atoms with Gasteiger partial charge < -0.3 is 20.6 Å². The molecule has 1 aliphatic heterocycles. The van der Waals surface area contributed by atoms with Crippen LogP contribution >= 0.6 is 0 Å². The van der Waals surface area contributed by atoms with Gasteiger partial charge >= 0.3 is 0 Å². The molecule has 0 aliphatic carbocycles. The number of amides is 1. The molecule has 9 nitrogen and oxygen atoms in total. The van der Waals surface area contributed by atoms with Crippen molar-refractivity contribution in [3.63, 3.8) is 0 Å². The molecule has 1 aliphatic rings. The van der Waals surface area contributed by atoms with Crippen LogP contribution in [0.3, 0.4) is 0 Å². The highest BCUT2D eigenvalue weighted by Gasteiger charge is 2.23. The molecule has 4 aromatic rings. The van der Waals surface area contributed by atoms with Crippen LogP contribution in [-0.4, -0.2) is 63.5 Å². The Hall–Kier alpha value is -3.79. The number of phenolic OH excluding ortho intramolecular Hbond substituents is 1. The summed E-state index contributed by atoms with van der Waals surface area (Å²) >= 11 is 0. The number of rotatable bonds is 3. The molecule has 198 valence electrons. The zero-order chi connectivity index (χ0) is 27.3. The number of aromatic nitrogens is 4. The number of halogens is 1. The molecule has 5 rings (SSSR count). The minimum absolute atomic E-state index is 0.0564. The summed E-state index contributed by atoms with van der Waals surface area (Å²) in [5.41, 5.74) is 1.81. The zero-order valence-corrected chi connectivity index (χ0v) is 22.6. The molecular weight excluding hydrogens is 473 g/mol. The third kappa shape index (κ3) is 5.48. The number of fused-ring (bicyclic) bond motifs is 2. The summed E-state index contributed by atoms with van der Waals surface area (Å²) in [6, 6.07) is 7.62. The first-order chi connectivity index (χ1) is 17.9. The van der Waals surface area contributed by atoms with Crippen LogP contribution in [0.15, 0.2) is 30.5 Å². The van der Waals surface area contributed by atoms with Crippen molar-refractivity contribution in [2.24, 2.45) is 7.05 Å². The third-order valence-corrected chi connectivity index (χ3v) is 5.92. The van der Waals surface area contributed by atoms with Crippen LogP contribution in [0, 0.1) is 5.82 Å². The van der Waals surface area contributed by atoms with E-state index in [-0.39, 0.29) is 22.6 Å². The predicted molar refractivity (Wildman–Crippen MR) is 147 cm³/mol. The van der Waals surface area contributed by atoms with Crippen molar-refractivity contribution in [2.75, 3.05) is 31.6 Å². The standard InChI is InChI=1S/C23H24FN7O2.2C2H6/c1-12-10-31(7-6-26-12)14-4-5-17-15(9-14)20(23(33)25-2)28-22(27-17)16-8-13-11-30(3)29-19(13)18(24)21(16)32;2*1-2/h4-5,8-9,11-12,26,32H,6-7,10H2,1-3H3,(H,25,33);2*1-2H3. The van der Waals surface area contributed by atoms with Gasteiger partial charge in [0.1, 0.15) is 11.2 Å². The van der Waals surface area contributed by atoms with Crippen LogP contribution in [-0.2, 0) is 7.05 Å². The van der Waals surface area contributed by atoms with Gasteiger partial charge in [-0.3, -0.25) is 9.48 Å². The SMILES string of the molecule is CC.CC.CNC(=O)c1nc(-c2cc3cn(C)nc3c(F)c2O)nc2ccc(N3CCNC(C)C3)cc12. The highest BCUT2D eigenvalue weighted by Crippen LogP contribution is 2.36. The number of nitrogens with one attached hydrogen (secondary N) is 2. The Morgan fingerprint density at radius 2 is 1.92 bits per heavy atom. The Morgan fingerprint density at radius 1 is 1.19 bits per heavy atom. The largest absolute Gasteiger partial charge is 0.504 e. The van der Waals surface area contributed by atoms with E-state index in [4.69, 9.17) is 0 Å². The number of benzene rings is 2. The molecule has 3 N–H and O–H groups in total. The molecule has 1 atom stereocenters. The highest BCUT2D eigenvalue weighted by molar-refractivity contribution is 6.05. The fourth-order valence-electron chi connectivity index (χ4n) is 4.30. The maximum Gasteiger partial charge on any atom is 0.270 e. The van der Waals surface area contributed by atoms with E-state index in [0.29, 0.717) is 22.3 Å². The Morgan fingerprint density at radius 3 is 2.59 bits per heavy atom. The molecule has 2 aromatic heterocycles. The first kappa shape index (κ1) is 27.8. The Kier molecular flexibility index (Phi) is 8.99. The first-order valence-corrected chi connectivity index (χ1v) is 12.7. The van der Waals surface area contributed by atoms with Gasteiger partial charge in [-0.25, -0.2) is 14.4 Å². The van der Waals surface area contributed by atoms with Crippen molar-refractivity contribution in [1.29, 1.82) is 0 Å². The molecule has 37 heavy (non-hydrogen) atoms. The van der Waals surface area contributed by atoms with Gasteiger partial charge in [-0.05, 0) is 31.2 Å². The van der Waals surface area contributed by atoms with Crippen LogP contribution < -0.4 is 15.5 Å². The van der Waals surface area contributed by atoms with Crippen LogP contribution in [0.1, 0.15) is 45.1 Å². The lowest BCUT2D eigenvalue weighted by atomic mass is 10.1. The molecule has 0 saturated carbocycles. The highest BCUT2D eigenvalue weighted by atomic mass is 19.1. The maximum absolute atomic E-state index is 14.8. The minimum atomic E-state index is -0.850. The van der Waals surface area contributed by atoms with Crippen molar-refractivity contribution in [2.45, 2.75) is 40.7 Å². The number of carbonyl (C=O) groups excluding carboxylic acids is 1. The molecule has 1 unspecified atom stereocenters. The van der Waals surface area contributed by atoms with Crippen LogP contribution in [0.4, 0.5) is 10.1 Å². The second-order valence-electron chi connectivity index (χ2n) is 8.30. The quantitative estimate of drug-likeness (QED) is 0.379. The van der Waals surface area contributed by atoms with Gasteiger partial charge in [-0.2, -0.15) is 5.10 Å². The molecule has 10 heteroatoms.